The van der Waals surface area contributed by atoms with Crippen LogP contribution in [0.15, 0.2) is 18.2 Å². The summed E-state index contributed by atoms with van der Waals surface area (Å²) in [7, 11) is 0. The van der Waals surface area contributed by atoms with Crippen molar-refractivity contribution in [2.45, 2.75) is 51.4 Å². The Morgan fingerprint density at radius 2 is 1.47 bits per heavy atom. The van der Waals surface area contributed by atoms with E-state index in [0.717, 1.165) is 37.1 Å². The van der Waals surface area contributed by atoms with Gasteiger partial charge in [-0.2, -0.15) is 0 Å². The maximum Gasteiger partial charge on any atom is 0.253 e. The number of carbonyl (C=O) groups excluding carboxylic acids is 2. The van der Waals surface area contributed by atoms with E-state index in [1.54, 1.807) is 18.2 Å². The second-order valence-electron chi connectivity index (χ2n) is 10.2. The minimum absolute atomic E-state index is 0.0380. The van der Waals surface area contributed by atoms with E-state index in [1.807, 2.05) is 9.80 Å². The number of amides is 2. The van der Waals surface area contributed by atoms with Crippen molar-refractivity contribution in [1.29, 1.82) is 0 Å². The molecular formula is C24H30Cl2N2O2. The monoisotopic (exact) mass is 448 g/mol. The van der Waals surface area contributed by atoms with Crippen LogP contribution in [-0.2, 0) is 4.79 Å². The lowest BCUT2D eigenvalue weighted by atomic mass is 9.49. The number of benzene rings is 1. The van der Waals surface area contributed by atoms with Gasteiger partial charge in [0.15, 0.2) is 0 Å². The molecule has 0 spiro atoms. The van der Waals surface area contributed by atoms with Crippen LogP contribution in [0.25, 0.3) is 0 Å². The Morgan fingerprint density at radius 1 is 0.867 bits per heavy atom. The molecule has 5 fully saturated rings. The molecule has 0 atom stereocenters. The standard InChI is InChI=1S/C24H30Cl2N2O2/c25-20-3-2-19(11-21(20)26)23(30)28-5-1-4-27(6-7-28)22(29)15-24-12-16-8-17(13-24)10-18(9-16)14-24/h2-3,11,16-18H,1,4-10,12-15H2. The normalized spacial score (nSPS) is 32.9. The van der Waals surface area contributed by atoms with E-state index >= 15 is 0 Å². The van der Waals surface area contributed by atoms with Crippen LogP contribution in [-0.4, -0.2) is 47.8 Å². The zero-order valence-corrected chi connectivity index (χ0v) is 18.9. The molecule has 4 saturated carbocycles. The summed E-state index contributed by atoms with van der Waals surface area (Å²) >= 11 is 12.1. The third-order valence-electron chi connectivity index (χ3n) is 7.99. The average molecular weight is 449 g/mol. The minimum atomic E-state index is -0.0380. The average Bonchev–Trinajstić information content (AvgIpc) is 2.94. The van der Waals surface area contributed by atoms with Crippen LogP contribution in [0, 0.1) is 23.2 Å². The molecule has 0 unspecified atom stereocenters. The molecular weight excluding hydrogens is 419 g/mol. The van der Waals surface area contributed by atoms with Crippen LogP contribution in [0.5, 0.6) is 0 Å². The molecule has 1 aromatic carbocycles. The Hall–Kier alpha value is -1.26. The highest BCUT2D eigenvalue weighted by molar-refractivity contribution is 6.42. The maximum absolute atomic E-state index is 13.3. The number of rotatable bonds is 3. The molecule has 0 N–H and O–H groups in total. The zero-order valence-electron chi connectivity index (χ0n) is 17.4. The molecule has 0 aromatic heterocycles. The maximum atomic E-state index is 13.3. The Balaban J connectivity index is 1.21. The molecule has 0 radical (unpaired) electrons. The van der Waals surface area contributed by atoms with Crippen molar-refractivity contribution in [1.82, 2.24) is 9.80 Å². The van der Waals surface area contributed by atoms with Crippen molar-refractivity contribution in [2.75, 3.05) is 26.2 Å². The van der Waals surface area contributed by atoms with Gasteiger partial charge in [0.2, 0.25) is 5.91 Å². The highest BCUT2D eigenvalue weighted by atomic mass is 35.5. The first-order chi connectivity index (χ1) is 14.4. The molecule has 5 aliphatic rings. The smallest absolute Gasteiger partial charge is 0.253 e. The second-order valence-corrected chi connectivity index (χ2v) is 11.1. The lowest BCUT2D eigenvalue weighted by Gasteiger charge is -2.57. The van der Waals surface area contributed by atoms with Crippen LogP contribution >= 0.6 is 23.2 Å². The fourth-order valence-corrected chi connectivity index (χ4v) is 7.42. The van der Waals surface area contributed by atoms with Crippen molar-refractivity contribution in [2.24, 2.45) is 23.2 Å². The summed E-state index contributed by atoms with van der Waals surface area (Å²) in [6.45, 7) is 2.61. The summed E-state index contributed by atoms with van der Waals surface area (Å²) in [4.78, 5) is 30.0. The molecule has 6 heteroatoms. The van der Waals surface area contributed by atoms with E-state index < -0.39 is 0 Å². The molecule has 4 nitrogen and oxygen atoms in total. The third-order valence-corrected chi connectivity index (χ3v) is 8.73. The third kappa shape index (κ3) is 3.98. The van der Waals surface area contributed by atoms with Crippen molar-refractivity contribution in [3.05, 3.63) is 33.8 Å². The Kier molecular flexibility index (Phi) is 5.51. The summed E-state index contributed by atoms with van der Waals surface area (Å²) in [5.41, 5.74) is 0.825. The Bertz CT molecular complexity index is 820. The van der Waals surface area contributed by atoms with Gasteiger partial charge in [0.25, 0.3) is 5.91 Å². The molecule has 4 bridgehead atoms. The molecule has 6 rings (SSSR count). The topological polar surface area (TPSA) is 40.6 Å². The van der Waals surface area contributed by atoms with Crippen LogP contribution in [0.1, 0.15) is 61.7 Å². The summed E-state index contributed by atoms with van der Waals surface area (Å²) in [6.07, 6.45) is 9.55. The van der Waals surface area contributed by atoms with E-state index in [4.69, 9.17) is 23.2 Å². The van der Waals surface area contributed by atoms with Gasteiger partial charge in [-0.25, -0.2) is 0 Å². The first-order valence-electron chi connectivity index (χ1n) is 11.4. The van der Waals surface area contributed by atoms with E-state index in [2.05, 4.69) is 0 Å². The van der Waals surface area contributed by atoms with Crippen LogP contribution in [0.4, 0.5) is 0 Å². The van der Waals surface area contributed by atoms with Gasteiger partial charge in [-0.3, -0.25) is 9.59 Å². The van der Waals surface area contributed by atoms with Gasteiger partial charge in [-0.05, 0) is 86.3 Å². The van der Waals surface area contributed by atoms with Gasteiger partial charge >= 0.3 is 0 Å². The quantitative estimate of drug-likeness (QED) is 0.631. The summed E-state index contributed by atoms with van der Waals surface area (Å²) in [5.74, 6) is 2.87. The zero-order chi connectivity index (χ0) is 20.9. The Morgan fingerprint density at radius 3 is 2.10 bits per heavy atom. The first-order valence-corrected chi connectivity index (χ1v) is 12.2. The SMILES string of the molecule is O=C(CC12CC3CC(CC(C3)C1)C2)N1CCCN(C(=O)c2ccc(Cl)c(Cl)c2)CC1. The van der Waals surface area contributed by atoms with Crippen LogP contribution < -0.4 is 0 Å². The predicted molar refractivity (Wildman–Crippen MR) is 119 cm³/mol. The fraction of sp³-hybridized carbons (Fsp3) is 0.667. The Labute approximate surface area is 188 Å². The van der Waals surface area contributed by atoms with Crippen LogP contribution in [0.3, 0.4) is 0 Å². The van der Waals surface area contributed by atoms with Crippen LogP contribution in [0.2, 0.25) is 10.0 Å². The molecule has 1 heterocycles. The number of halogens is 2. The summed E-state index contributed by atoms with van der Waals surface area (Å²) < 4.78 is 0. The lowest BCUT2D eigenvalue weighted by Crippen LogP contribution is -2.48. The molecule has 1 saturated heterocycles. The molecule has 1 aliphatic heterocycles. The molecule has 162 valence electrons. The molecule has 1 aromatic rings. The van der Waals surface area contributed by atoms with E-state index in [1.165, 1.54) is 38.5 Å². The highest BCUT2D eigenvalue weighted by Crippen LogP contribution is 2.61. The van der Waals surface area contributed by atoms with Gasteiger partial charge in [-0.1, -0.05) is 23.2 Å². The number of carbonyl (C=O) groups is 2. The van der Waals surface area contributed by atoms with Gasteiger partial charge < -0.3 is 9.80 Å². The fourth-order valence-electron chi connectivity index (χ4n) is 7.12. The summed E-state index contributed by atoms with van der Waals surface area (Å²) in [6, 6.07) is 5.01. The van der Waals surface area contributed by atoms with E-state index in [9.17, 15) is 9.59 Å². The van der Waals surface area contributed by atoms with Crippen molar-refractivity contribution in [3.63, 3.8) is 0 Å². The number of hydrogen-bond acceptors (Lipinski definition) is 2. The molecule has 4 aliphatic carbocycles. The van der Waals surface area contributed by atoms with Gasteiger partial charge in [0, 0.05) is 38.2 Å². The first kappa shape index (κ1) is 20.6. The van der Waals surface area contributed by atoms with Gasteiger partial charge in [-0.15, -0.1) is 0 Å². The second kappa shape index (κ2) is 8.02. The minimum Gasteiger partial charge on any atom is -0.341 e. The summed E-state index contributed by atoms with van der Waals surface area (Å²) in [5, 5.41) is 0.843. The molecule has 2 amide bonds. The number of nitrogens with zero attached hydrogens (tertiary/aromatic N) is 2. The van der Waals surface area contributed by atoms with E-state index in [-0.39, 0.29) is 11.3 Å². The largest absolute Gasteiger partial charge is 0.341 e. The van der Waals surface area contributed by atoms with Gasteiger partial charge in [0.05, 0.1) is 10.0 Å². The van der Waals surface area contributed by atoms with Gasteiger partial charge in [0.1, 0.15) is 0 Å². The highest BCUT2D eigenvalue weighted by Gasteiger charge is 2.51. The lowest BCUT2D eigenvalue weighted by molar-refractivity contribution is -0.139. The number of hydrogen-bond donors (Lipinski definition) is 0. The van der Waals surface area contributed by atoms with Crippen molar-refractivity contribution in [3.8, 4) is 0 Å². The van der Waals surface area contributed by atoms with E-state index in [0.29, 0.717) is 41.2 Å². The predicted octanol–water partition coefficient (Wildman–Crippen LogP) is 5.27. The van der Waals surface area contributed by atoms with Crippen molar-refractivity contribution < 1.29 is 9.59 Å². The van der Waals surface area contributed by atoms with Crippen molar-refractivity contribution >= 4 is 35.0 Å². The molecule has 30 heavy (non-hydrogen) atoms.